The molecule has 0 unspecified atom stereocenters. The number of ether oxygens (including phenoxy) is 1. The molecule has 2 fully saturated rings. The molecular formula is C20H28N4O4S2. The Hall–Kier alpha value is -1.91. The van der Waals surface area contributed by atoms with Gasteiger partial charge in [-0.15, -0.1) is 0 Å². The summed E-state index contributed by atoms with van der Waals surface area (Å²) in [5, 5.41) is 0.979. The maximum atomic E-state index is 12.9. The zero-order valence-electron chi connectivity index (χ0n) is 17.4. The summed E-state index contributed by atoms with van der Waals surface area (Å²) in [7, 11) is -3.17. The maximum Gasteiger partial charge on any atom is 0.225 e. The van der Waals surface area contributed by atoms with E-state index < -0.39 is 10.0 Å². The van der Waals surface area contributed by atoms with Gasteiger partial charge < -0.3 is 14.5 Å². The predicted molar refractivity (Wildman–Crippen MR) is 119 cm³/mol. The molecule has 0 spiro atoms. The minimum atomic E-state index is -3.17. The van der Waals surface area contributed by atoms with Crippen LogP contribution in [0.1, 0.15) is 19.8 Å². The lowest BCUT2D eigenvalue weighted by atomic mass is 9.96. The summed E-state index contributed by atoms with van der Waals surface area (Å²) in [4.78, 5) is 21.8. The van der Waals surface area contributed by atoms with Crippen molar-refractivity contribution in [3.05, 3.63) is 18.2 Å². The number of carbonyl (C=O) groups is 1. The van der Waals surface area contributed by atoms with Crippen LogP contribution in [0.2, 0.25) is 0 Å². The van der Waals surface area contributed by atoms with E-state index in [4.69, 9.17) is 9.72 Å². The van der Waals surface area contributed by atoms with E-state index in [0.29, 0.717) is 45.6 Å². The third-order valence-corrected chi connectivity index (χ3v) is 8.18. The Labute approximate surface area is 181 Å². The minimum Gasteiger partial charge on any atom is -0.494 e. The SMILES string of the molecule is CCOc1ccc2nc(N3CCN(C(=O)C4CCN(S(C)(=O)=O)CC4)CC3)sc2c1. The highest BCUT2D eigenvalue weighted by Gasteiger charge is 2.33. The van der Waals surface area contributed by atoms with E-state index in [0.717, 1.165) is 34.2 Å². The fourth-order valence-corrected chi connectivity index (χ4v) is 6.02. The number of aromatic nitrogens is 1. The second kappa shape index (κ2) is 8.68. The molecule has 4 rings (SSSR count). The summed E-state index contributed by atoms with van der Waals surface area (Å²) in [6.45, 7) is 6.34. The second-order valence-electron chi connectivity index (χ2n) is 7.81. The minimum absolute atomic E-state index is 0.0750. The van der Waals surface area contributed by atoms with Crippen LogP contribution in [0.15, 0.2) is 18.2 Å². The zero-order chi connectivity index (χ0) is 21.3. The van der Waals surface area contributed by atoms with Crippen LogP contribution in [0.3, 0.4) is 0 Å². The number of sulfonamides is 1. The van der Waals surface area contributed by atoms with Crippen LogP contribution in [0, 0.1) is 5.92 Å². The number of rotatable bonds is 5. The van der Waals surface area contributed by atoms with E-state index >= 15 is 0 Å². The van der Waals surface area contributed by atoms with Crippen LogP contribution in [0.4, 0.5) is 5.13 Å². The molecule has 1 amide bonds. The second-order valence-corrected chi connectivity index (χ2v) is 10.8. The molecule has 3 heterocycles. The van der Waals surface area contributed by atoms with E-state index in [9.17, 15) is 13.2 Å². The van der Waals surface area contributed by atoms with Gasteiger partial charge in [0.1, 0.15) is 5.75 Å². The van der Waals surface area contributed by atoms with Crippen LogP contribution in [0.5, 0.6) is 5.75 Å². The lowest BCUT2D eigenvalue weighted by Crippen LogP contribution is -2.52. The fraction of sp³-hybridized carbons (Fsp3) is 0.600. The highest BCUT2D eigenvalue weighted by Crippen LogP contribution is 2.32. The van der Waals surface area contributed by atoms with Crippen molar-refractivity contribution in [1.29, 1.82) is 0 Å². The van der Waals surface area contributed by atoms with Crippen molar-refractivity contribution in [2.45, 2.75) is 19.8 Å². The number of thiazole rings is 1. The standard InChI is InChI=1S/C20H28N4O4S2/c1-3-28-16-4-5-17-18(14-16)29-20(21-17)23-12-10-22(11-13-23)19(25)15-6-8-24(9-7-15)30(2,26)27/h4-5,14-15H,3,6-13H2,1-2H3. The molecule has 2 aliphatic rings. The molecule has 0 radical (unpaired) electrons. The molecule has 30 heavy (non-hydrogen) atoms. The van der Waals surface area contributed by atoms with Crippen LogP contribution in [0.25, 0.3) is 10.2 Å². The van der Waals surface area contributed by atoms with E-state index in [1.807, 2.05) is 30.0 Å². The molecule has 10 heteroatoms. The molecule has 0 bridgehead atoms. The number of hydrogen-bond donors (Lipinski definition) is 0. The maximum absolute atomic E-state index is 12.9. The Morgan fingerprint density at radius 2 is 1.87 bits per heavy atom. The average molecular weight is 453 g/mol. The zero-order valence-corrected chi connectivity index (χ0v) is 19.0. The topological polar surface area (TPSA) is 83.1 Å². The highest BCUT2D eigenvalue weighted by atomic mass is 32.2. The summed E-state index contributed by atoms with van der Waals surface area (Å²) in [6, 6.07) is 5.96. The van der Waals surface area contributed by atoms with Gasteiger partial charge in [0.2, 0.25) is 15.9 Å². The number of piperidine rings is 1. The van der Waals surface area contributed by atoms with Crippen molar-refractivity contribution in [1.82, 2.24) is 14.2 Å². The van der Waals surface area contributed by atoms with Crippen LogP contribution >= 0.6 is 11.3 Å². The number of benzene rings is 1. The number of fused-ring (bicyclic) bond motifs is 1. The molecule has 0 aliphatic carbocycles. The van der Waals surface area contributed by atoms with Crippen molar-refractivity contribution in [2.24, 2.45) is 5.92 Å². The molecule has 2 saturated heterocycles. The van der Waals surface area contributed by atoms with Gasteiger partial charge in [-0.25, -0.2) is 17.7 Å². The Bertz CT molecular complexity index is 1010. The molecule has 0 atom stereocenters. The van der Waals surface area contributed by atoms with E-state index in [1.54, 1.807) is 11.3 Å². The number of anilines is 1. The Morgan fingerprint density at radius 1 is 1.17 bits per heavy atom. The Balaban J connectivity index is 1.34. The van der Waals surface area contributed by atoms with Crippen molar-refractivity contribution >= 4 is 42.6 Å². The quantitative estimate of drug-likeness (QED) is 0.690. The number of piperazine rings is 1. The molecule has 0 saturated carbocycles. The third kappa shape index (κ3) is 4.55. The molecule has 164 valence electrons. The molecule has 2 aliphatic heterocycles. The van der Waals surface area contributed by atoms with Crippen molar-refractivity contribution < 1.29 is 17.9 Å². The third-order valence-electron chi connectivity index (χ3n) is 5.79. The van der Waals surface area contributed by atoms with Gasteiger partial charge in [0.15, 0.2) is 5.13 Å². The van der Waals surface area contributed by atoms with Crippen molar-refractivity contribution in [3.8, 4) is 5.75 Å². The molecule has 0 N–H and O–H groups in total. The van der Waals surface area contributed by atoms with Crippen LogP contribution < -0.4 is 9.64 Å². The summed E-state index contributed by atoms with van der Waals surface area (Å²) in [5.41, 5.74) is 0.967. The predicted octanol–water partition coefficient (Wildman–Crippen LogP) is 2.02. The van der Waals surface area contributed by atoms with E-state index in [-0.39, 0.29) is 11.8 Å². The van der Waals surface area contributed by atoms with Gasteiger partial charge in [-0.3, -0.25) is 4.79 Å². The average Bonchev–Trinajstić information content (AvgIpc) is 3.16. The summed E-state index contributed by atoms with van der Waals surface area (Å²) >= 11 is 1.65. The van der Waals surface area contributed by atoms with Gasteiger partial charge in [-0.2, -0.15) is 0 Å². The summed E-state index contributed by atoms with van der Waals surface area (Å²) < 4.78 is 31.5. The van der Waals surface area contributed by atoms with Crippen molar-refractivity contribution in [2.75, 3.05) is 57.0 Å². The highest BCUT2D eigenvalue weighted by molar-refractivity contribution is 7.88. The molecule has 1 aromatic carbocycles. The van der Waals surface area contributed by atoms with Crippen LogP contribution in [-0.2, 0) is 14.8 Å². The lowest BCUT2D eigenvalue weighted by molar-refractivity contribution is -0.137. The molecular weight excluding hydrogens is 424 g/mol. The molecule has 8 nitrogen and oxygen atoms in total. The summed E-state index contributed by atoms with van der Waals surface area (Å²) in [5.74, 6) is 0.944. The first-order chi connectivity index (χ1) is 14.3. The largest absolute Gasteiger partial charge is 0.494 e. The van der Waals surface area contributed by atoms with Crippen molar-refractivity contribution in [3.63, 3.8) is 0 Å². The first-order valence-electron chi connectivity index (χ1n) is 10.4. The van der Waals surface area contributed by atoms with Crippen LogP contribution in [-0.4, -0.2) is 80.6 Å². The van der Waals surface area contributed by atoms with Gasteiger partial charge in [0.25, 0.3) is 0 Å². The number of amides is 1. The molecule has 2 aromatic rings. The number of carbonyl (C=O) groups excluding carboxylic acids is 1. The first kappa shape index (κ1) is 21.3. The smallest absolute Gasteiger partial charge is 0.225 e. The van der Waals surface area contributed by atoms with Gasteiger partial charge in [0.05, 0.1) is 23.1 Å². The van der Waals surface area contributed by atoms with Gasteiger partial charge in [-0.05, 0) is 38.0 Å². The van der Waals surface area contributed by atoms with Gasteiger partial charge in [-0.1, -0.05) is 11.3 Å². The monoisotopic (exact) mass is 452 g/mol. The normalized spacial score (nSPS) is 19.4. The fourth-order valence-electron chi connectivity index (χ4n) is 4.10. The van der Waals surface area contributed by atoms with Gasteiger partial charge >= 0.3 is 0 Å². The van der Waals surface area contributed by atoms with E-state index in [1.165, 1.54) is 10.6 Å². The Morgan fingerprint density at radius 3 is 2.50 bits per heavy atom. The number of hydrogen-bond acceptors (Lipinski definition) is 7. The van der Waals surface area contributed by atoms with E-state index in [2.05, 4.69) is 4.90 Å². The van der Waals surface area contributed by atoms with Gasteiger partial charge in [0, 0.05) is 45.2 Å². The first-order valence-corrected chi connectivity index (χ1v) is 13.0. The number of nitrogens with zero attached hydrogens (tertiary/aromatic N) is 4. The molecule has 1 aromatic heterocycles. The Kier molecular flexibility index (Phi) is 6.17. The lowest BCUT2D eigenvalue weighted by Gasteiger charge is -2.38. The summed E-state index contributed by atoms with van der Waals surface area (Å²) in [6.07, 6.45) is 2.44.